The lowest BCUT2D eigenvalue weighted by Crippen LogP contribution is -2.48. The summed E-state index contributed by atoms with van der Waals surface area (Å²) in [6.07, 6.45) is 6.62. The van der Waals surface area contributed by atoms with Crippen molar-refractivity contribution in [2.24, 2.45) is 5.92 Å². The number of carbonyl (C=O) groups excluding carboxylic acids is 2. The number of nitrogens with zero attached hydrogens (tertiary/aromatic N) is 2. The summed E-state index contributed by atoms with van der Waals surface area (Å²) >= 11 is 0. The minimum Gasteiger partial charge on any atom is -0.458 e. The van der Waals surface area contributed by atoms with Crippen molar-refractivity contribution < 1.29 is 18.7 Å². The van der Waals surface area contributed by atoms with E-state index in [2.05, 4.69) is 4.98 Å². The van der Waals surface area contributed by atoms with E-state index >= 15 is 0 Å². The zero-order valence-corrected chi connectivity index (χ0v) is 18.0. The Labute approximate surface area is 177 Å². The molecule has 1 aromatic carbocycles. The average molecular weight is 411 g/mol. The SMILES string of the molecule is CC(C)(C)OC(=O)C1CC2CCCCC2N1C(=O)Cc1coc(-c2ccccc2)n1. The van der Waals surface area contributed by atoms with Gasteiger partial charge < -0.3 is 14.1 Å². The molecule has 2 heterocycles. The Balaban J connectivity index is 1.52. The van der Waals surface area contributed by atoms with Crippen LogP contribution in [0.4, 0.5) is 0 Å². The first-order chi connectivity index (χ1) is 14.3. The molecule has 2 aliphatic rings. The molecule has 2 fully saturated rings. The van der Waals surface area contributed by atoms with Crippen LogP contribution in [-0.2, 0) is 20.7 Å². The maximum absolute atomic E-state index is 13.3. The van der Waals surface area contributed by atoms with E-state index in [1.807, 2.05) is 51.1 Å². The highest BCUT2D eigenvalue weighted by Gasteiger charge is 2.48. The first kappa shape index (κ1) is 20.6. The van der Waals surface area contributed by atoms with E-state index in [0.29, 0.717) is 23.9 Å². The molecule has 0 N–H and O–H groups in total. The van der Waals surface area contributed by atoms with Crippen LogP contribution < -0.4 is 0 Å². The number of ether oxygens (including phenoxy) is 1. The summed E-state index contributed by atoms with van der Waals surface area (Å²) in [6, 6.07) is 9.22. The number of benzene rings is 1. The second-order valence-corrected chi connectivity index (χ2v) is 9.38. The molecule has 1 amide bonds. The number of likely N-dealkylation sites (tertiary alicyclic amines) is 1. The van der Waals surface area contributed by atoms with Crippen molar-refractivity contribution in [1.29, 1.82) is 0 Å². The van der Waals surface area contributed by atoms with Crippen LogP contribution in [0.2, 0.25) is 0 Å². The van der Waals surface area contributed by atoms with E-state index in [1.54, 1.807) is 4.90 Å². The number of aromatic nitrogens is 1. The van der Waals surface area contributed by atoms with Gasteiger partial charge in [0.05, 0.1) is 12.1 Å². The average Bonchev–Trinajstić information content (AvgIpc) is 3.32. The van der Waals surface area contributed by atoms with Gasteiger partial charge in [0.2, 0.25) is 11.8 Å². The molecule has 1 aliphatic heterocycles. The van der Waals surface area contributed by atoms with Gasteiger partial charge in [-0.05, 0) is 58.1 Å². The topological polar surface area (TPSA) is 72.6 Å². The fourth-order valence-corrected chi connectivity index (χ4v) is 4.75. The molecule has 1 aromatic heterocycles. The quantitative estimate of drug-likeness (QED) is 0.699. The predicted molar refractivity (Wildman–Crippen MR) is 112 cm³/mol. The van der Waals surface area contributed by atoms with Crippen LogP contribution in [0.15, 0.2) is 41.0 Å². The Morgan fingerprint density at radius 1 is 1.17 bits per heavy atom. The smallest absolute Gasteiger partial charge is 0.329 e. The zero-order chi connectivity index (χ0) is 21.3. The van der Waals surface area contributed by atoms with E-state index in [0.717, 1.165) is 31.2 Å². The van der Waals surface area contributed by atoms with Crippen molar-refractivity contribution in [3.8, 4) is 11.5 Å². The Bertz CT molecular complexity index is 899. The highest BCUT2D eigenvalue weighted by atomic mass is 16.6. The van der Waals surface area contributed by atoms with Gasteiger partial charge in [0.15, 0.2) is 0 Å². The second kappa shape index (κ2) is 8.25. The summed E-state index contributed by atoms with van der Waals surface area (Å²) in [5.41, 5.74) is 0.883. The molecule has 3 atom stereocenters. The van der Waals surface area contributed by atoms with E-state index in [4.69, 9.17) is 9.15 Å². The molecule has 0 radical (unpaired) electrons. The third kappa shape index (κ3) is 4.42. The minimum atomic E-state index is -0.573. The summed E-state index contributed by atoms with van der Waals surface area (Å²) in [5.74, 6) is 0.500. The van der Waals surface area contributed by atoms with E-state index in [1.165, 1.54) is 6.26 Å². The molecule has 0 bridgehead atoms. The van der Waals surface area contributed by atoms with E-state index < -0.39 is 11.6 Å². The van der Waals surface area contributed by atoms with Crippen LogP contribution in [-0.4, -0.2) is 39.4 Å². The van der Waals surface area contributed by atoms with Crippen LogP contribution in [0.3, 0.4) is 0 Å². The number of hydrogen-bond acceptors (Lipinski definition) is 5. The lowest BCUT2D eigenvalue weighted by Gasteiger charge is -2.34. The number of oxazole rings is 1. The molecule has 1 saturated carbocycles. The second-order valence-electron chi connectivity index (χ2n) is 9.38. The molecule has 0 spiro atoms. The first-order valence-corrected chi connectivity index (χ1v) is 10.9. The van der Waals surface area contributed by atoms with Crippen LogP contribution in [0, 0.1) is 5.92 Å². The van der Waals surface area contributed by atoms with Gasteiger partial charge in [-0.25, -0.2) is 9.78 Å². The maximum Gasteiger partial charge on any atom is 0.329 e. The highest BCUT2D eigenvalue weighted by Crippen LogP contribution is 2.40. The molecule has 1 aliphatic carbocycles. The number of fused-ring (bicyclic) bond motifs is 1. The van der Waals surface area contributed by atoms with Gasteiger partial charge in [-0.1, -0.05) is 31.0 Å². The number of hydrogen-bond donors (Lipinski definition) is 0. The summed E-state index contributed by atoms with van der Waals surface area (Å²) in [5, 5.41) is 0. The Hall–Kier alpha value is -2.63. The monoisotopic (exact) mass is 410 g/mol. The van der Waals surface area contributed by atoms with Gasteiger partial charge >= 0.3 is 5.97 Å². The van der Waals surface area contributed by atoms with Gasteiger partial charge in [-0.15, -0.1) is 0 Å². The normalized spacial score (nSPS) is 23.8. The highest BCUT2D eigenvalue weighted by molar-refractivity contribution is 5.87. The number of rotatable bonds is 4. The molecule has 6 heteroatoms. The Morgan fingerprint density at radius 2 is 1.90 bits per heavy atom. The summed E-state index contributed by atoms with van der Waals surface area (Å²) in [4.78, 5) is 32.5. The number of amides is 1. The lowest BCUT2D eigenvalue weighted by molar-refractivity contribution is -0.164. The summed E-state index contributed by atoms with van der Waals surface area (Å²) in [6.45, 7) is 5.58. The first-order valence-electron chi connectivity index (χ1n) is 10.9. The van der Waals surface area contributed by atoms with Gasteiger partial charge in [0.1, 0.15) is 17.9 Å². The van der Waals surface area contributed by atoms with Crippen molar-refractivity contribution in [2.75, 3.05) is 0 Å². The number of carbonyl (C=O) groups is 2. The predicted octanol–water partition coefficient (Wildman–Crippen LogP) is 4.39. The fourth-order valence-electron chi connectivity index (χ4n) is 4.75. The largest absolute Gasteiger partial charge is 0.458 e. The van der Waals surface area contributed by atoms with Crippen LogP contribution >= 0.6 is 0 Å². The lowest BCUT2D eigenvalue weighted by atomic mass is 9.84. The molecule has 6 nitrogen and oxygen atoms in total. The molecule has 3 unspecified atom stereocenters. The van der Waals surface area contributed by atoms with E-state index in [-0.39, 0.29) is 24.3 Å². The number of esters is 1. The summed E-state index contributed by atoms with van der Waals surface area (Å²) < 4.78 is 11.2. The molecular formula is C24H30N2O4. The van der Waals surface area contributed by atoms with Crippen molar-refractivity contribution >= 4 is 11.9 Å². The van der Waals surface area contributed by atoms with Crippen molar-refractivity contribution in [1.82, 2.24) is 9.88 Å². The Kier molecular flexibility index (Phi) is 5.67. The van der Waals surface area contributed by atoms with Gasteiger partial charge in [-0.2, -0.15) is 0 Å². The van der Waals surface area contributed by atoms with Crippen molar-refractivity contribution in [2.45, 2.75) is 77.0 Å². The third-order valence-electron chi connectivity index (χ3n) is 5.96. The van der Waals surface area contributed by atoms with Crippen molar-refractivity contribution in [3.05, 3.63) is 42.3 Å². The fraction of sp³-hybridized carbons (Fsp3) is 0.542. The Morgan fingerprint density at radius 3 is 2.63 bits per heavy atom. The molecule has 4 rings (SSSR count). The molecular weight excluding hydrogens is 380 g/mol. The molecule has 160 valence electrons. The third-order valence-corrected chi connectivity index (χ3v) is 5.96. The van der Waals surface area contributed by atoms with Crippen LogP contribution in [0.1, 0.15) is 58.6 Å². The van der Waals surface area contributed by atoms with Gasteiger partial charge in [0, 0.05) is 11.6 Å². The van der Waals surface area contributed by atoms with E-state index in [9.17, 15) is 9.59 Å². The van der Waals surface area contributed by atoms with Crippen LogP contribution in [0.25, 0.3) is 11.5 Å². The molecule has 2 aromatic rings. The van der Waals surface area contributed by atoms with Crippen molar-refractivity contribution in [3.63, 3.8) is 0 Å². The maximum atomic E-state index is 13.3. The summed E-state index contributed by atoms with van der Waals surface area (Å²) in [7, 11) is 0. The van der Waals surface area contributed by atoms with Gasteiger partial charge in [-0.3, -0.25) is 4.79 Å². The minimum absolute atomic E-state index is 0.0758. The molecule has 1 saturated heterocycles. The van der Waals surface area contributed by atoms with Crippen LogP contribution in [0.5, 0.6) is 0 Å². The molecule has 30 heavy (non-hydrogen) atoms. The van der Waals surface area contributed by atoms with Gasteiger partial charge in [0.25, 0.3) is 0 Å². The standard InChI is InChI=1S/C24H30N2O4/c1-24(2,3)30-23(28)20-13-17-11-7-8-12-19(17)26(20)21(27)14-18-15-29-22(25-18)16-9-5-4-6-10-16/h4-6,9-10,15,17,19-20H,7-8,11-14H2,1-3H3. The zero-order valence-electron chi connectivity index (χ0n) is 18.0.